The molecule has 1 aliphatic rings. The first-order chi connectivity index (χ1) is 15.1. The zero-order valence-electron chi connectivity index (χ0n) is 17.7. The molecular formula is C25H27N3O2S. The molecule has 0 radical (unpaired) electrons. The maximum atomic E-state index is 11.3. The molecule has 1 saturated carbocycles. The molecule has 0 saturated heterocycles. The van der Waals surface area contributed by atoms with Crippen molar-refractivity contribution in [2.24, 2.45) is 0 Å². The minimum Gasteiger partial charge on any atom is -0.478 e. The Labute approximate surface area is 187 Å². The number of anilines is 1. The second-order valence-corrected chi connectivity index (χ2v) is 8.90. The van der Waals surface area contributed by atoms with Gasteiger partial charge in [-0.25, -0.2) is 14.8 Å². The Hall–Kier alpha value is -2.86. The molecule has 1 heterocycles. The zero-order chi connectivity index (χ0) is 21.6. The van der Waals surface area contributed by atoms with E-state index in [1.165, 1.54) is 43.9 Å². The number of thioether (sulfide) groups is 1. The maximum absolute atomic E-state index is 11.3. The highest BCUT2D eigenvalue weighted by Crippen LogP contribution is 2.30. The molecule has 6 heteroatoms. The second kappa shape index (κ2) is 9.96. The van der Waals surface area contributed by atoms with Gasteiger partial charge in [-0.15, -0.1) is 0 Å². The molecule has 1 aromatic heterocycles. The molecule has 4 rings (SSSR count). The fraction of sp³-hybridized carbons (Fsp3) is 0.320. The van der Waals surface area contributed by atoms with Crippen molar-refractivity contribution in [3.05, 3.63) is 71.8 Å². The lowest BCUT2D eigenvalue weighted by Crippen LogP contribution is -2.34. The zero-order valence-corrected chi connectivity index (χ0v) is 18.5. The minimum absolute atomic E-state index is 0.301. The van der Waals surface area contributed by atoms with E-state index in [2.05, 4.69) is 30.1 Å². The van der Waals surface area contributed by atoms with E-state index in [4.69, 9.17) is 9.97 Å². The number of aromatic nitrogens is 2. The lowest BCUT2D eigenvalue weighted by atomic mass is 9.94. The van der Waals surface area contributed by atoms with Crippen LogP contribution in [-0.4, -0.2) is 34.1 Å². The van der Waals surface area contributed by atoms with Crippen LogP contribution < -0.4 is 4.90 Å². The third kappa shape index (κ3) is 5.44. The molecule has 0 spiro atoms. The van der Waals surface area contributed by atoms with Crippen LogP contribution in [0.2, 0.25) is 0 Å². The second-order valence-electron chi connectivity index (χ2n) is 7.96. The van der Waals surface area contributed by atoms with Crippen molar-refractivity contribution in [3.63, 3.8) is 0 Å². The molecule has 0 atom stereocenters. The molecule has 1 aliphatic carbocycles. The van der Waals surface area contributed by atoms with Crippen molar-refractivity contribution in [3.8, 4) is 11.3 Å². The van der Waals surface area contributed by atoms with Gasteiger partial charge >= 0.3 is 5.97 Å². The summed E-state index contributed by atoms with van der Waals surface area (Å²) in [6, 6.07) is 19.8. The molecule has 0 bridgehead atoms. The molecule has 0 amide bonds. The summed E-state index contributed by atoms with van der Waals surface area (Å²) in [6.45, 7) is 0. The smallest absolute Gasteiger partial charge is 0.335 e. The van der Waals surface area contributed by atoms with E-state index in [0.29, 0.717) is 22.5 Å². The van der Waals surface area contributed by atoms with Crippen LogP contribution in [0.4, 0.5) is 5.82 Å². The predicted molar refractivity (Wildman–Crippen MR) is 126 cm³/mol. The molecule has 3 aromatic rings. The van der Waals surface area contributed by atoms with Gasteiger partial charge in [-0.2, -0.15) is 0 Å². The van der Waals surface area contributed by atoms with E-state index < -0.39 is 5.97 Å². The van der Waals surface area contributed by atoms with Gasteiger partial charge in [-0.3, -0.25) is 0 Å². The van der Waals surface area contributed by atoms with Crippen molar-refractivity contribution >= 4 is 23.5 Å². The van der Waals surface area contributed by atoms with Gasteiger partial charge in [0, 0.05) is 30.5 Å². The van der Waals surface area contributed by atoms with Crippen molar-refractivity contribution < 1.29 is 9.90 Å². The van der Waals surface area contributed by atoms with Crippen molar-refractivity contribution in [2.75, 3.05) is 11.9 Å². The highest BCUT2D eigenvalue weighted by Gasteiger charge is 2.20. The average molecular weight is 434 g/mol. The molecule has 160 valence electrons. The first-order valence-electron chi connectivity index (χ1n) is 10.7. The van der Waals surface area contributed by atoms with Gasteiger partial charge in [-0.05, 0) is 30.5 Å². The fourth-order valence-electron chi connectivity index (χ4n) is 4.01. The number of nitrogens with zero attached hydrogens (tertiary/aromatic N) is 3. The van der Waals surface area contributed by atoms with Gasteiger partial charge in [0.15, 0.2) is 5.16 Å². The third-order valence-electron chi connectivity index (χ3n) is 5.79. The quantitative estimate of drug-likeness (QED) is 0.369. The van der Waals surface area contributed by atoms with E-state index in [9.17, 15) is 9.90 Å². The summed E-state index contributed by atoms with van der Waals surface area (Å²) in [5, 5.41) is 9.95. The first-order valence-corrected chi connectivity index (χ1v) is 11.7. The highest BCUT2D eigenvalue weighted by molar-refractivity contribution is 7.98. The van der Waals surface area contributed by atoms with Gasteiger partial charge in [0.05, 0.1) is 11.3 Å². The SMILES string of the molecule is CN(c1cc(-c2ccccc2)nc(SCc2cccc(C(=O)O)c2)n1)C1CCCCC1. The molecule has 0 unspecified atom stereocenters. The van der Waals surface area contributed by atoms with Crippen LogP contribution in [0.3, 0.4) is 0 Å². The van der Waals surface area contributed by atoms with E-state index >= 15 is 0 Å². The Kier molecular flexibility index (Phi) is 6.87. The Balaban J connectivity index is 1.61. The summed E-state index contributed by atoms with van der Waals surface area (Å²) in [6.07, 6.45) is 6.26. The molecule has 2 aromatic carbocycles. The standard InChI is InChI=1S/C25H27N3O2S/c1-28(21-13-6-3-7-14-21)23-16-22(19-10-4-2-5-11-19)26-25(27-23)31-17-18-9-8-12-20(15-18)24(29)30/h2,4-5,8-12,15-16,21H,3,6-7,13-14,17H2,1H3,(H,29,30). The van der Waals surface area contributed by atoms with E-state index in [0.717, 1.165) is 22.6 Å². The van der Waals surface area contributed by atoms with Gasteiger partial charge < -0.3 is 10.0 Å². The Morgan fingerprint density at radius 1 is 1.03 bits per heavy atom. The molecule has 1 fully saturated rings. The lowest BCUT2D eigenvalue weighted by Gasteiger charge is -2.32. The van der Waals surface area contributed by atoms with Gasteiger partial charge in [0.2, 0.25) is 0 Å². The number of carboxylic acids is 1. The van der Waals surface area contributed by atoms with Crippen LogP contribution in [0.15, 0.2) is 65.8 Å². The van der Waals surface area contributed by atoms with E-state index in [-0.39, 0.29) is 0 Å². The molecule has 1 N–H and O–H groups in total. The van der Waals surface area contributed by atoms with Gasteiger partial charge in [-0.1, -0.05) is 73.5 Å². The van der Waals surface area contributed by atoms with Crippen LogP contribution in [0.25, 0.3) is 11.3 Å². The summed E-state index contributed by atoms with van der Waals surface area (Å²) in [5.41, 5.74) is 3.23. The summed E-state index contributed by atoms with van der Waals surface area (Å²) in [7, 11) is 2.14. The normalized spacial score (nSPS) is 14.4. The number of carboxylic acid groups (broad SMARTS) is 1. The van der Waals surface area contributed by atoms with E-state index in [1.54, 1.807) is 18.2 Å². The van der Waals surface area contributed by atoms with Crippen LogP contribution in [-0.2, 0) is 5.75 Å². The fourth-order valence-corrected chi connectivity index (χ4v) is 4.81. The predicted octanol–water partition coefficient (Wildman–Crippen LogP) is 5.90. The van der Waals surface area contributed by atoms with E-state index in [1.807, 2.05) is 24.3 Å². The summed E-state index contributed by atoms with van der Waals surface area (Å²) >= 11 is 1.54. The van der Waals surface area contributed by atoms with Gasteiger partial charge in [0.1, 0.15) is 5.82 Å². The van der Waals surface area contributed by atoms with Crippen LogP contribution in [0.1, 0.15) is 48.0 Å². The number of rotatable bonds is 7. The molecular weight excluding hydrogens is 406 g/mol. The number of benzene rings is 2. The summed E-state index contributed by atoms with van der Waals surface area (Å²) in [4.78, 5) is 23.3. The van der Waals surface area contributed by atoms with Crippen molar-refractivity contribution in [1.82, 2.24) is 9.97 Å². The lowest BCUT2D eigenvalue weighted by molar-refractivity contribution is 0.0696. The van der Waals surface area contributed by atoms with Crippen LogP contribution in [0.5, 0.6) is 0 Å². The van der Waals surface area contributed by atoms with Crippen LogP contribution >= 0.6 is 11.8 Å². The first kappa shape index (κ1) is 21.4. The van der Waals surface area contributed by atoms with Crippen LogP contribution in [0, 0.1) is 0 Å². The molecule has 0 aliphatic heterocycles. The highest BCUT2D eigenvalue weighted by atomic mass is 32.2. The third-order valence-corrected chi connectivity index (χ3v) is 6.71. The number of aromatic carboxylic acids is 1. The topological polar surface area (TPSA) is 66.3 Å². The van der Waals surface area contributed by atoms with Crippen molar-refractivity contribution in [2.45, 2.75) is 49.1 Å². The monoisotopic (exact) mass is 433 g/mol. The Bertz CT molecular complexity index is 1040. The maximum Gasteiger partial charge on any atom is 0.335 e. The molecule has 31 heavy (non-hydrogen) atoms. The summed E-state index contributed by atoms with van der Waals surface area (Å²) in [5.74, 6) is 0.652. The number of hydrogen-bond donors (Lipinski definition) is 1. The Morgan fingerprint density at radius 3 is 2.55 bits per heavy atom. The largest absolute Gasteiger partial charge is 0.478 e. The molecule has 5 nitrogen and oxygen atoms in total. The average Bonchev–Trinajstić information content (AvgIpc) is 2.83. The number of hydrogen-bond acceptors (Lipinski definition) is 5. The number of carbonyl (C=O) groups is 1. The van der Waals surface area contributed by atoms with Crippen molar-refractivity contribution in [1.29, 1.82) is 0 Å². The Morgan fingerprint density at radius 2 is 1.81 bits per heavy atom. The summed E-state index contributed by atoms with van der Waals surface area (Å²) < 4.78 is 0. The van der Waals surface area contributed by atoms with Gasteiger partial charge in [0.25, 0.3) is 0 Å². The minimum atomic E-state index is -0.912.